The molecule has 6 rings (SSSR count). The van der Waals surface area contributed by atoms with E-state index in [0.29, 0.717) is 66.3 Å². The molecule has 4 aromatic rings. The molecule has 0 unspecified atom stereocenters. The molecule has 2 fully saturated rings. The number of aryl methyl sites for hydroxylation is 1. The lowest BCUT2D eigenvalue weighted by atomic mass is 9.95. The van der Waals surface area contributed by atoms with Gasteiger partial charge in [-0.2, -0.15) is 5.10 Å². The predicted octanol–water partition coefficient (Wildman–Crippen LogP) is 5.60. The third-order valence-electron chi connectivity index (χ3n) is 8.47. The molecule has 0 spiro atoms. The zero-order valence-corrected chi connectivity index (χ0v) is 24.6. The largest absolute Gasteiger partial charge is 0.496 e. The van der Waals surface area contributed by atoms with Gasteiger partial charge in [0.15, 0.2) is 5.52 Å². The van der Waals surface area contributed by atoms with Crippen LogP contribution >= 0.6 is 0 Å². The first kappa shape index (κ1) is 28.7. The van der Waals surface area contributed by atoms with Crippen LogP contribution in [0.5, 0.6) is 5.75 Å². The minimum Gasteiger partial charge on any atom is -0.496 e. The zero-order chi connectivity index (χ0) is 29.9. The molecule has 2 aromatic heterocycles. The number of nitrogens with one attached hydrogen (secondary N) is 1. The van der Waals surface area contributed by atoms with Crippen LogP contribution in [0, 0.1) is 12.7 Å². The SMILES string of the molecule is COc1cc(N2CCCN(C(=O)OCc3ccccc3)CC2)c(F)cc1-c1nc2c(C)nn(C3CCCCC3)c2c(=O)[nH]1. The van der Waals surface area contributed by atoms with Crippen molar-refractivity contribution in [2.75, 3.05) is 38.2 Å². The number of carbonyl (C=O) groups excluding carboxylic acids is 1. The number of hydrogen-bond donors (Lipinski definition) is 1. The van der Waals surface area contributed by atoms with Crippen molar-refractivity contribution in [1.29, 1.82) is 0 Å². The monoisotopic (exact) mass is 588 g/mol. The molecule has 1 saturated heterocycles. The van der Waals surface area contributed by atoms with Gasteiger partial charge in [-0.25, -0.2) is 14.2 Å². The van der Waals surface area contributed by atoms with Crippen molar-refractivity contribution in [2.45, 2.75) is 58.1 Å². The summed E-state index contributed by atoms with van der Waals surface area (Å²) in [6.07, 6.45) is 5.68. The molecule has 1 amide bonds. The van der Waals surface area contributed by atoms with Crippen molar-refractivity contribution in [3.05, 3.63) is 69.9 Å². The second-order valence-corrected chi connectivity index (χ2v) is 11.3. The van der Waals surface area contributed by atoms with Gasteiger partial charge in [0, 0.05) is 32.2 Å². The van der Waals surface area contributed by atoms with E-state index in [9.17, 15) is 9.59 Å². The van der Waals surface area contributed by atoms with Crippen molar-refractivity contribution in [1.82, 2.24) is 24.6 Å². The van der Waals surface area contributed by atoms with Gasteiger partial charge in [-0.3, -0.25) is 9.48 Å². The van der Waals surface area contributed by atoms with Gasteiger partial charge in [-0.1, -0.05) is 49.6 Å². The molecule has 0 atom stereocenters. The highest BCUT2D eigenvalue weighted by molar-refractivity contribution is 5.80. The molecule has 226 valence electrons. The first-order valence-electron chi connectivity index (χ1n) is 15.0. The van der Waals surface area contributed by atoms with Crippen molar-refractivity contribution < 1.29 is 18.7 Å². The Bertz CT molecular complexity index is 1660. The molecule has 1 aliphatic carbocycles. The Balaban J connectivity index is 1.22. The molecule has 3 heterocycles. The van der Waals surface area contributed by atoms with E-state index in [1.807, 2.05) is 46.8 Å². The molecule has 2 aromatic carbocycles. The summed E-state index contributed by atoms with van der Waals surface area (Å²) < 4.78 is 28.7. The number of H-pyrrole nitrogens is 1. The maximum absolute atomic E-state index is 15.7. The van der Waals surface area contributed by atoms with Crippen LogP contribution in [-0.4, -0.2) is 64.0 Å². The summed E-state index contributed by atoms with van der Waals surface area (Å²) in [7, 11) is 1.51. The van der Waals surface area contributed by atoms with Crippen molar-refractivity contribution in [2.24, 2.45) is 0 Å². The molecular formula is C32H37FN6O4. The van der Waals surface area contributed by atoms with Gasteiger partial charge in [0.1, 0.15) is 29.5 Å². The first-order valence-corrected chi connectivity index (χ1v) is 15.0. The number of nitrogens with zero attached hydrogens (tertiary/aromatic N) is 5. The van der Waals surface area contributed by atoms with Crippen LogP contribution in [-0.2, 0) is 11.3 Å². The summed E-state index contributed by atoms with van der Waals surface area (Å²) >= 11 is 0. The van der Waals surface area contributed by atoms with E-state index in [2.05, 4.69) is 10.1 Å². The molecule has 10 nitrogen and oxygen atoms in total. The van der Waals surface area contributed by atoms with Gasteiger partial charge < -0.3 is 24.3 Å². The average molecular weight is 589 g/mol. The summed E-state index contributed by atoms with van der Waals surface area (Å²) in [5, 5.41) is 4.68. The average Bonchev–Trinajstić information content (AvgIpc) is 3.19. The number of methoxy groups -OCH3 is 1. The highest BCUT2D eigenvalue weighted by Crippen LogP contribution is 2.36. The van der Waals surface area contributed by atoms with E-state index in [-0.39, 0.29) is 30.1 Å². The molecule has 0 bridgehead atoms. The van der Waals surface area contributed by atoms with Crippen LogP contribution in [0.2, 0.25) is 0 Å². The molecular weight excluding hydrogens is 551 g/mol. The third-order valence-corrected chi connectivity index (χ3v) is 8.47. The Morgan fingerprint density at radius 3 is 2.60 bits per heavy atom. The summed E-state index contributed by atoms with van der Waals surface area (Å²) in [4.78, 5) is 37.3. The number of halogens is 1. The summed E-state index contributed by atoms with van der Waals surface area (Å²) in [5.74, 6) is 0.155. The van der Waals surface area contributed by atoms with E-state index in [4.69, 9.17) is 14.5 Å². The Morgan fingerprint density at radius 1 is 1.05 bits per heavy atom. The van der Waals surface area contributed by atoms with Crippen LogP contribution in [0.15, 0.2) is 47.3 Å². The summed E-state index contributed by atoms with van der Waals surface area (Å²) in [6.45, 7) is 3.95. The van der Waals surface area contributed by atoms with Gasteiger partial charge in [0.05, 0.1) is 30.1 Å². The van der Waals surface area contributed by atoms with E-state index in [1.54, 1.807) is 11.0 Å². The number of benzene rings is 2. The highest BCUT2D eigenvalue weighted by Gasteiger charge is 2.26. The van der Waals surface area contributed by atoms with Crippen LogP contribution in [0.25, 0.3) is 22.4 Å². The maximum atomic E-state index is 15.7. The standard InChI is InChI=1S/C32H37FN6O4/c1-21-28-29(39(36-21)23-12-7-4-8-13-23)31(40)35-30(34-28)24-18-25(33)26(19-27(24)42-2)37-14-9-15-38(17-16-37)32(41)43-20-22-10-5-3-6-11-22/h3,5-6,10-11,18-19,23H,4,7-9,12-17,20H2,1-2H3,(H,34,35,40). The number of anilines is 1. The summed E-state index contributed by atoms with van der Waals surface area (Å²) in [6, 6.07) is 12.7. The van der Waals surface area contributed by atoms with Crippen molar-refractivity contribution in [3.63, 3.8) is 0 Å². The van der Waals surface area contributed by atoms with Gasteiger partial charge in [-0.15, -0.1) is 0 Å². The van der Waals surface area contributed by atoms with Crippen LogP contribution in [0.1, 0.15) is 55.8 Å². The van der Waals surface area contributed by atoms with Crippen LogP contribution in [0.3, 0.4) is 0 Å². The maximum Gasteiger partial charge on any atom is 0.410 e. The molecule has 1 saturated carbocycles. The van der Waals surface area contributed by atoms with E-state index >= 15 is 4.39 Å². The number of aromatic amines is 1. The number of hydrogen-bond acceptors (Lipinski definition) is 7. The van der Waals surface area contributed by atoms with E-state index in [0.717, 1.165) is 31.2 Å². The van der Waals surface area contributed by atoms with Gasteiger partial charge in [-0.05, 0) is 37.8 Å². The fraction of sp³-hybridized carbons (Fsp3) is 0.438. The fourth-order valence-corrected chi connectivity index (χ4v) is 6.20. The minimum absolute atomic E-state index is 0.181. The second-order valence-electron chi connectivity index (χ2n) is 11.3. The molecule has 43 heavy (non-hydrogen) atoms. The molecule has 1 aliphatic heterocycles. The molecule has 1 N–H and O–H groups in total. The lowest BCUT2D eigenvalue weighted by Crippen LogP contribution is -2.35. The van der Waals surface area contributed by atoms with Crippen molar-refractivity contribution >= 4 is 22.8 Å². The zero-order valence-electron chi connectivity index (χ0n) is 24.6. The molecule has 11 heteroatoms. The number of aromatic nitrogens is 4. The second kappa shape index (κ2) is 12.4. The minimum atomic E-state index is -0.465. The van der Waals surface area contributed by atoms with Crippen molar-refractivity contribution in [3.8, 4) is 17.1 Å². The molecule has 2 aliphatic rings. The third kappa shape index (κ3) is 5.93. The predicted molar refractivity (Wildman–Crippen MR) is 162 cm³/mol. The first-order chi connectivity index (χ1) is 20.9. The topological polar surface area (TPSA) is 106 Å². The number of carbonyl (C=O) groups is 1. The summed E-state index contributed by atoms with van der Waals surface area (Å²) in [5.41, 5.74) is 2.98. The Hall–Kier alpha value is -4.41. The van der Waals surface area contributed by atoms with Gasteiger partial charge in [0.25, 0.3) is 5.56 Å². The number of ether oxygens (including phenoxy) is 2. The smallest absolute Gasteiger partial charge is 0.410 e. The van der Waals surface area contributed by atoms with Crippen LogP contribution < -0.4 is 15.2 Å². The van der Waals surface area contributed by atoms with Crippen LogP contribution in [0.4, 0.5) is 14.9 Å². The Morgan fingerprint density at radius 2 is 1.84 bits per heavy atom. The highest BCUT2D eigenvalue weighted by atomic mass is 19.1. The quantitative estimate of drug-likeness (QED) is 0.313. The number of fused-ring (bicyclic) bond motifs is 1. The van der Waals surface area contributed by atoms with Gasteiger partial charge >= 0.3 is 6.09 Å². The van der Waals surface area contributed by atoms with E-state index in [1.165, 1.54) is 19.6 Å². The Labute approximate surface area is 249 Å². The molecule has 0 radical (unpaired) electrons. The lowest BCUT2D eigenvalue weighted by molar-refractivity contribution is 0.0986. The number of rotatable bonds is 6. The lowest BCUT2D eigenvalue weighted by Gasteiger charge is -2.25. The Kier molecular flexibility index (Phi) is 8.31. The van der Waals surface area contributed by atoms with Gasteiger partial charge in [0.2, 0.25) is 0 Å². The fourth-order valence-electron chi connectivity index (χ4n) is 6.20. The van der Waals surface area contributed by atoms with E-state index < -0.39 is 5.82 Å². The normalized spacial score (nSPS) is 16.3. The number of amides is 1.